The first kappa shape index (κ1) is 15.4. The molecule has 1 aromatic heterocycles. The van der Waals surface area contributed by atoms with Gasteiger partial charge in [0, 0.05) is 29.4 Å². The average molecular weight is 295 g/mol. The van der Waals surface area contributed by atoms with Gasteiger partial charge in [-0.05, 0) is 12.1 Å². The molecule has 0 saturated carbocycles. The minimum absolute atomic E-state index is 0.123. The van der Waals surface area contributed by atoms with E-state index in [4.69, 9.17) is 5.73 Å². The summed E-state index contributed by atoms with van der Waals surface area (Å²) in [5, 5.41) is 2.53. The molecule has 1 atom stereocenters. The molecule has 0 aliphatic carbocycles. The lowest BCUT2D eigenvalue weighted by atomic mass is 10.2. The van der Waals surface area contributed by atoms with Crippen LogP contribution in [0.25, 0.3) is 0 Å². The van der Waals surface area contributed by atoms with Crippen LogP contribution in [-0.4, -0.2) is 33.7 Å². The monoisotopic (exact) mass is 295 g/mol. The van der Waals surface area contributed by atoms with E-state index in [9.17, 15) is 22.2 Å². The Kier molecular flexibility index (Phi) is 4.87. The Morgan fingerprint density at radius 2 is 2.11 bits per heavy atom. The number of pyridine rings is 1. The normalized spacial score (nSPS) is 13.1. The topological polar surface area (TPSA) is 85.1 Å². The van der Waals surface area contributed by atoms with Gasteiger partial charge in [-0.1, -0.05) is 0 Å². The van der Waals surface area contributed by atoms with Gasteiger partial charge in [0.05, 0.1) is 5.56 Å². The van der Waals surface area contributed by atoms with Crippen molar-refractivity contribution in [2.45, 2.75) is 6.18 Å². The quantitative estimate of drug-likeness (QED) is 0.848. The Labute approximate surface area is 109 Å². The first-order chi connectivity index (χ1) is 8.71. The standard InChI is InChI=1S/C10H12F3N3O2S/c1-19(18)5-4-15-9-6(8(14)17)2-3-7(16-9)10(11,12)13/h2-3H,4-5H2,1H3,(H2,14,17)(H,15,16). The third-order valence-electron chi connectivity index (χ3n) is 2.13. The van der Waals surface area contributed by atoms with Crippen molar-refractivity contribution in [3.05, 3.63) is 23.4 Å². The van der Waals surface area contributed by atoms with E-state index in [0.717, 1.165) is 6.07 Å². The fourth-order valence-electron chi connectivity index (χ4n) is 1.26. The van der Waals surface area contributed by atoms with Gasteiger partial charge in [-0.15, -0.1) is 0 Å². The number of hydrogen-bond acceptors (Lipinski definition) is 4. The van der Waals surface area contributed by atoms with Crippen molar-refractivity contribution in [3.8, 4) is 0 Å². The molecule has 1 amide bonds. The van der Waals surface area contributed by atoms with Gasteiger partial charge in [0.15, 0.2) is 0 Å². The molecular formula is C10H12F3N3O2S. The number of anilines is 1. The molecule has 0 bridgehead atoms. The Morgan fingerprint density at radius 1 is 1.47 bits per heavy atom. The Hall–Kier alpha value is -1.64. The van der Waals surface area contributed by atoms with Crippen LogP contribution in [0.2, 0.25) is 0 Å². The number of carbonyl (C=O) groups excluding carboxylic acids is 1. The van der Waals surface area contributed by atoms with Crippen molar-refractivity contribution in [2.24, 2.45) is 5.73 Å². The van der Waals surface area contributed by atoms with Crippen molar-refractivity contribution in [3.63, 3.8) is 0 Å². The van der Waals surface area contributed by atoms with Crippen molar-refractivity contribution >= 4 is 22.5 Å². The lowest BCUT2D eigenvalue weighted by Crippen LogP contribution is -2.20. The van der Waals surface area contributed by atoms with Crippen molar-refractivity contribution < 1.29 is 22.2 Å². The SMILES string of the molecule is CS(=O)CCNc1nc(C(F)(F)F)ccc1C(N)=O. The molecule has 5 nitrogen and oxygen atoms in total. The van der Waals surface area contributed by atoms with E-state index in [2.05, 4.69) is 10.3 Å². The third kappa shape index (κ3) is 4.51. The van der Waals surface area contributed by atoms with E-state index in [1.165, 1.54) is 6.26 Å². The smallest absolute Gasteiger partial charge is 0.368 e. The van der Waals surface area contributed by atoms with Gasteiger partial charge in [0.1, 0.15) is 11.5 Å². The number of halogens is 3. The minimum atomic E-state index is -4.61. The van der Waals surface area contributed by atoms with Crippen LogP contribution in [0.4, 0.5) is 19.0 Å². The molecule has 1 unspecified atom stereocenters. The highest BCUT2D eigenvalue weighted by Crippen LogP contribution is 2.29. The van der Waals surface area contributed by atoms with Crippen LogP contribution < -0.4 is 11.1 Å². The van der Waals surface area contributed by atoms with E-state index in [-0.39, 0.29) is 23.7 Å². The third-order valence-corrected chi connectivity index (χ3v) is 2.91. The van der Waals surface area contributed by atoms with Gasteiger partial charge in [0.2, 0.25) is 0 Å². The van der Waals surface area contributed by atoms with E-state index >= 15 is 0 Å². The highest BCUT2D eigenvalue weighted by Gasteiger charge is 2.33. The summed E-state index contributed by atoms with van der Waals surface area (Å²) in [7, 11) is -1.11. The number of aromatic nitrogens is 1. The molecule has 1 aromatic rings. The molecule has 0 saturated heterocycles. The zero-order chi connectivity index (χ0) is 14.6. The van der Waals surface area contributed by atoms with E-state index < -0.39 is 28.6 Å². The molecule has 1 heterocycles. The number of hydrogen-bond donors (Lipinski definition) is 2. The van der Waals surface area contributed by atoms with Gasteiger partial charge >= 0.3 is 6.18 Å². The molecule has 0 fully saturated rings. The summed E-state index contributed by atoms with van der Waals surface area (Å²) in [5.41, 5.74) is 3.77. The largest absolute Gasteiger partial charge is 0.433 e. The summed E-state index contributed by atoms with van der Waals surface area (Å²) >= 11 is 0. The Balaban J connectivity index is 3.02. The molecule has 9 heteroatoms. The molecule has 1 rings (SSSR count). The predicted molar refractivity (Wildman–Crippen MR) is 65.2 cm³/mol. The number of carbonyl (C=O) groups is 1. The Bertz CT molecular complexity index is 505. The van der Waals surface area contributed by atoms with Gasteiger partial charge in [-0.3, -0.25) is 9.00 Å². The summed E-state index contributed by atoms with van der Waals surface area (Å²) in [6, 6.07) is 1.65. The van der Waals surface area contributed by atoms with Crippen LogP contribution in [0.3, 0.4) is 0 Å². The lowest BCUT2D eigenvalue weighted by molar-refractivity contribution is -0.141. The van der Waals surface area contributed by atoms with Crippen LogP contribution in [0, 0.1) is 0 Å². The van der Waals surface area contributed by atoms with E-state index in [1.807, 2.05) is 0 Å². The van der Waals surface area contributed by atoms with Crippen molar-refractivity contribution in [2.75, 3.05) is 23.9 Å². The molecule has 0 spiro atoms. The number of alkyl halides is 3. The number of primary amides is 1. The van der Waals surface area contributed by atoms with Gasteiger partial charge < -0.3 is 11.1 Å². The average Bonchev–Trinajstić information content (AvgIpc) is 2.26. The van der Waals surface area contributed by atoms with Crippen molar-refractivity contribution in [1.29, 1.82) is 0 Å². The van der Waals surface area contributed by atoms with E-state index in [1.54, 1.807) is 0 Å². The maximum atomic E-state index is 12.5. The van der Waals surface area contributed by atoms with Crippen molar-refractivity contribution in [1.82, 2.24) is 4.98 Å². The van der Waals surface area contributed by atoms with Gasteiger partial charge in [-0.2, -0.15) is 13.2 Å². The highest BCUT2D eigenvalue weighted by atomic mass is 32.2. The number of amides is 1. The number of nitrogens with two attached hydrogens (primary N) is 1. The van der Waals surface area contributed by atoms with Gasteiger partial charge in [-0.25, -0.2) is 4.98 Å². The number of rotatable bonds is 5. The van der Waals surface area contributed by atoms with Crippen LogP contribution in [0.1, 0.15) is 16.1 Å². The number of nitrogens with one attached hydrogen (secondary N) is 1. The summed E-state index contributed by atoms with van der Waals surface area (Å²) < 4.78 is 48.3. The zero-order valence-corrected chi connectivity index (χ0v) is 10.8. The zero-order valence-electron chi connectivity index (χ0n) is 9.95. The summed E-state index contributed by atoms with van der Waals surface area (Å²) in [4.78, 5) is 14.4. The molecule has 0 aliphatic rings. The first-order valence-electron chi connectivity index (χ1n) is 5.13. The van der Waals surface area contributed by atoms with E-state index in [0.29, 0.717) is 6.07 Å². The molecule has 19 heavy (non-hydrogen) atoms. The molecule has 0 radical (unpaired) electrons. The second-order valence-electron chi connectivity index (χ2n) is 3.66. The Morgan fingerprint density at radius 3 is 2.58 bits per heavy atom. The summed E-state index contributed by atoms with van der Waals surface area (Å²) in [6.45, 7) is 0.123. The molecule has 0 aliphatic heterocycles. The molecule has 3 N–H and O–H groups in total. The van der Waals surface area contributed by atoms with Crippen LogP contribution in [0.15, 0.2) is 12.1 Å². The maximum absolute atomic E-state index is 12.5. The fraction of sp³-hybridized carbons (Fsp3) is 0.400. The van der Waals surface area contributed by atoms with Crippen LogP contribution in [0.5, 0.6) is 0 Å². The summed E-state index contributed by atoms with van der Waals surface area (Å²) in [6.07, 6.45) is -3.16. The number of nitrogens with zero attached hydrogens (tertiary/aromatic N) is 1. The highest BCUT2D eigenvalue weighted by molar-refractivity contribution is 7.84. The summed E-state index contributed by atoms with van der Waals surface area (Å²) in [5.74, 6) is -0.926. The van der Waals surface area contributed by atoms with Crippen LogP contribution >= 0.6 is 0 Å². The molecule has 106 valence electrons. The fourth-order valence-corrected chi connectivity index (χ4v) is 1.65. The first-order valence-corrected chi connectivity index (χ1v) is 6.86. The van der Waals surface area contributed by atoms with Gasteiger partial charge in [0.25, 0.3) is 5.91 Å². The molecular weight excluding hydrogens is 283 g/mol. The maximum Gasteiger partial charge on any atom is 0.433 e. The minimum Gasteiger partial charge on any atom is -0.368 e. The second-order valence-corrected chi connectivity index (χ2v) is 5.21. The second kappa shape index (κ2) is 6.00. The molecule has 0 aromatic carbocycles. The lowest BCUT2D eigenvalue weighted by Gasteiger charge is -2.12. The van der Waals surface area contributed by atoms with Crippen LogP contribution in [-0.2, 0) is 17.0 Å². The predicted octanol–water partition coefficient (Wildman–Crippen LogP) is 0.990.